The van der Waals surface area contributed by atoms with Gasteiger partial charge in [0.05, 0.1) is 38.3 Å². The first-order valence-corrected chi connectivity index (χ1v) is 15.3. The third-order valence-corrected chi connectivity index (χ3v) is 8.17. The fourth-order valence-electron chi connectivity index (χ4n) is 5.10. The lowest BCUT2D eigenvalue weighted by molar-refractivity contribution is -0.252. The Morgan fingerprint density at radius 2 is 1.73 bits per heavy atom. The highest BCUT2D eigenvalue weighted by Crippen LogP contribution is 2.39. The minimum Gasteiger partial charge on any atom is -0.465 e. The summed E-state index contributed by atoms with van der Waals surface area (Å²) >= 11 is 12.4. The predicted molar refractivity (Wildman–Crippen MR) is 169 cm³/mol. The van der Waals surface area contributed by atoms with Crippen molar-refractivity contribution in [3.05, 3.63) is 112 Å². The average Bonchev–Trinajstić information content (AvgIpc) is 3.38. The van der Waals surface area contributed by atoms with Crippen LogP contribution >= 0.6 is 23.2 Å². The molecule has 1 aliphatic heterocycles. The Labute approximate surface area is 271 Å². The lowest BCUT2D eigenvalue weighted by atomic mass is 9.97. The van der Waals surface area contributed by atoms with E-state index >= 15 is 0 Å². The molecule has 0 saturated carbocycles. The third-order valence-electron chi connectivity index (χ3n) is 7.40. The number of carbonyl (C=O) groups excluding carboxylic acids is 2. The van der Waals surface area contributed by atoms with Crippen LogP contribution in [-0.4, -0.2) is 45.9 Å². The van der Waals surface area contributed by atoms with Crippen molar-refractivity contribution in [3.63, 3.8) is 0 Å². The van der Waals surface area contributed by atoms with E-state index in [0.717, 1.165) is 33.4 Å². The summed E-state index contributed by atoms with van der Waals surface area (Å²) in [4.78, 5) is 27.8. The largest absolute Gasteiger partial charge is 0.465 e. The van der Waals surface area contributed by atoms with Crippen LogP contribution in [0.4, 0.5) is 4.79 Å². The maximum atomic E-state index is 12.2. The quantitative estimate of drug-likeness (QED) is 0.171. The molecule has 3 atom stereocenters. The second-order valence-corrected chi connectivity index (χ2v) is 11.2. The number of rotatable bonds is 11. The van der Waals surface area contributed by atoms with Gasteiger partial charge in [0, 0.05) is 18.5 Å². The first kappa shape index (κ1) is 32.5. The fraction of sp³-hybridized carbons (Fsp3) is 0.303. The molecule has 0 aliphatic carbocycles. The molecule has 1 fully saturated rings. The lowest BCUT2D eigenvalue weighted by Gasteiger charge is -2.36. The van der Waals surface area contributed by atoms with Crippen LogP contribution in [0.3, 0.4) is 0 Å². The van der Waals surface area contributed by atoms with Gasteiger partial charge >= 0.3 is 12.0 Å². The summed E-state index contributed by atoms with van der Waals surface area (Å²) in [7, 11) is 0. The molecule has 12 heteroatoms. The van der Waals surface area contributed by atoms with Gasteiger partial charge in [-0.15, -0.1) is 0 Å². The van der Waals surface area contributed by atoms with Crippen molar-refractivity contribution in [1.29, 1.82) is 0 Å². The van der Waals surface area contributed by atoms with Gasteiger partial charge in [-0.1, -0.05) is 96.0 Å². The number of aliphatic hydroxyl groups is 1. The van der Waals surface area contributed by atoms with E-state index in [2.05, 4.69) is 15.6 Å². The fourth-order valence-corrected chi connectivity index (χ4v) is 5.41. The monoisotopic (exact) mass is 652 g/mol. The van der Waals surface area contributed by atoms with E-state index in [0.29, 0.717) is 18.1 Å². The third kappa shape index (κ3) is 8.42. The summed E-state index contributed by atoms with van der Waals surface area (Å²) in [5.74, 6) is -0.494. The number of halogens is 2. The Bertz CT molecular complexity index is 1600. The summed E-state index contributed by atoms with van der Waals surface area (Å²) in [6, 6.07) is 22.9. The highest BCUT2D eigenvalue weighted by molar-refractivity contribution is 6.40. The Morgan fingerprint density at radius 3 is 2.42 bits per heavy atom. The summed E-state index contributed by atoms with van der Waals surface area (Å²) in [5, 5.41) is 15.4. The van der Waals surface area contributed by atoms with Crippen molar-refractivity contribution in [1.82, 2.24) is 20.2 Å². The zero-order valence-corrected chi connectivity index (χ0v) is 26.1. The molecule has 3 N–H and O–H groups in total. The molecular weight excluding hydrogens is 619 g/mol. The van der Waals surface area contributed by atoms with E-state index in [1.807, 2.05) is 72.8 Å². The molecule has 0 bridgehead atoms. The molecule has 0 unspecified atom stereocenters. The Morgan fingerprint density at radius 1 is 1.00 bits per heavy atom. The average molecular weight is 654 g/mol. The van der Waals surface area contributed by atoms with Crippen molar-refractivity contribution in [3.8, 4) is 11.1 Å². The van der Waals surface area contributed by atoms with Gasteiger partial charge in [-0.05, 0) is 34.7 Å². The molecule has 2 amide bonds. The smallest absolute Gasteiger partial charge is 0.325 e. The molecule has 236 valence electrons. The second-order valence-electron chi connectivity index (χ2n) is 10.4. The van der Waals surface area contributed by atoms with Gasteiger partial charge < -0.3 is 34.5 Å². The summed E-state index contributed by atoms with van der Waals surface area (Å²) in [6.07, 6.45) is 0.996. The van der Waals surface area contributed by atoms with Crippen LogP contribution in [-0.2, 0) is 38.7 Å². The van der Waals surface area contributed by atoms with Crippen LogP contribution in [0, 0.1) is 0 Å². The van der Waals surface area contributed by atoms with Gasteiger partial charge in [-0.25, -0.2) is 9.78 Å². The van der Waals surface area contributed by atoms with Gasteiger partial charge in [0.2, 0.25) is 0 Å². The number of benzene rings is 3. The zero-order chi connectivity index (χ0) is 31.8. The van der Waals surface area contributed by atoms with Crippen LogP contribution < -0.4 is 10.6 Å². The van der Waals surface area contributed by atoms with Crippen LogP contribution in [0.2, 0.25) is 10.3 Å². The molecule has 5 rings (SSSR count). The van der Waals surface area contributed by atoms with E-state index in [1.165, 1.54) is 0 Å². The molecule has 10 nitrogen and oxygen atoms in total. The predicted octanol–water partition coefficient (Wildman–Crippen LogP) is 5.96. The second kappa shape index (κ2) is 15.4. The maximum absolute atomic E-state index is 12.2. The Kier molecular flexibility index (Phi) is 11.1. The van der Waals surface area contributed by atoms with E-state index in [-0.39, 0.29) is 43.7 Å². The number of aromatic nitrogens is 2. The van der Waals surface area contributed by atoms with Crippen molar-refractivity contribution < 1.29 is 28.9 Å². The number of carbonyl (C=O) groups is 2. The highest BCUT2D eigenvalue weighted by atomic mass is 35.5. The van der Waals surface area contributed by atoms with Gasteiger partial charge in [-0.2, -0.15) is 0 Å². The van der Waals surface area contributed by atoms with Crippen molar-refractivity contribution >= 4 is 35.2 Å². The molecule has 1 aromatic heterocycles. The molecule has 3 aromatic carbocycles. The number of hydrogen-bond acceptors (Lipinski definition) is 7. The lowest BCUT2D eigenvalue weighted by Crippen LogP contribution is -2.38. The molecule has 2 heterocycles. The number of ether oxygens (including phenoxy) is 3. The first-order chi connectivity index (χ1) is 21.8. The number of amides is 2. The number of nitrogens with one attached hydrogen (secondary N) is 2. The minimum absolute atomic E-state index is 0.0335. The van der Waals surface area contributed by atoms with Gasteiger partial charge in [-0.3, -0.25) is 4.79 Å². The Balaban J connectivity index is 1.31. The first-order valence-electron chi connectivity index (χ1n) is 14.6. The molecule has 4 aromatic rings. The Hall–Kier alpha value is -3.93. The number of esters is 1. The summed E-state index contributed by atoms with van der Waals surface area (Å²) < 4.78 is 19.5. The van der Waals surface area contributed by atoms with Gasteiger partial charge in [0.1, 0.15) is 11.7 Å². The standard InChI is InChI=1S/C33H34Cl2N4O6/c1-2-43-29(41)17-37-33(42)36-16-25-5-3-4-6-27(25)22-11-13-24(14-12-22)32-44-26(18-39-20-38-30(34)31(39)35)15-28(45-32)23-9-7-21(19-40)8-10-23/h3-14,20,26,28,32,40H,2,15-19H2,1H3,(H2,36,37,42)/t26-,28+,32+/m0/s1. The highest BCUT2D eigenvalue weighted by Gasteiger charge is 2.33. The normalized spacial score (nSPS) is 17.9. The van der Waals surface area contributed by atoms with Crippen molar-refractivity contribution in [2.24, 2.45) is 0 Å². The van der Waals surface area contributed by atoms with Crippen LogP contribution in [0.15, 0.2) is 79.1 Å². The molecular formula is C33H34Cl2N4O6. The van der Waals surface area contributed by atoms with E-state index < -0.39 is 18.3 Å². The molecule has 45 heavy (non-hydrogen) atoms. The summed E-state index contributed by atoms with van der Waals surface area (Å²) in [6.45, 7) is 2.43. The van der Waals surface area contributed by atoms with E-state index in [4.69, 9.17) is 37.4 Å². The van der Waals surface area contributed by atoms with Crippen LogP contribution in [0.5, 0.6) is 0 Å². The number of urea groups is 1. The van der Waals surface area contributed by atoms with Gasteiger partial charge in [0.15, 0.2) is 11.4 Å². The molecule has 1 saturated heterocycles. The van der Waals surface area contributed by atoms with E-state index in [1.54, 1.807) is 17.8 Å². The number of nitrogens with zero attached hydrogens (tertiary/aromatic N) is 2. The minimum atomic E-state index is -0.655. The number of hydrogen-bond donors (Lipinski definition) is 3. The van der Waals surface area contributed by atoms with Gasteiger partial charge in [0.25, 0.3) is 0 Å². The number of aliphatic hydroxyl groups excluding tert-OH is 1. The SMILES string of the molecule is CCOC(=O)CNC(=O)NCc1ccccc1-c1ccc([C@@H]2O[C@H](Cn3cnc(Cl)c3Cl)C[C@H](c3ccc(CO)cc3)O2)cc1. The van der Waals surface area contributed by atoms with E-state index in [9.17, 15) is 14.7 Å². The van der Waals surface area contributed by atoms with Crippen molar-refractivity contribution in [2.75, 3.05) is 13.2 Å². The number of imidazole rings is 1. The van der Waals surface area contributed by atoms with Crippen LogP contribution in [0.1, 0.15) is 48.0 Å². The van der Waals surface area contributed by atoms with Crippen molar-refractivity contribution in [2.45, 2.75) is 51.5 Å². The molecule has 1 aliphatic rings. The molecule has 0 spiro atoms. The molecule has 0 radical (unpaired) electrons. The zero-order valence-electron chi connectivity index (χ0n) is 24.6. The summed E-state index contributed by atoms with van der Waals surface area (Å²) in [5.41, 5.74) is 5.44. The maximum Gasteiger partial charge on any atom is 0.325 e. The topological polar surface area (TPSA) is 124 Å². The van der Waals surface area contributed by atoms with Crippen LogP contribution in [0.25, 0.3) is 11.1 Å².